The Kier molecular flexibility index (Phi) is 6.69. The molecule has 0 atom stereocenters. The summed E-state index contributed by atoms with van der Waals surface area (Å²) in [5, 5.41) is 15.4. The summed E-state index contributed by atoms with van der Waals surface area (Å²) in [5.74, 6) is -0.390. The second-order valence-electron chi connectivity index (χ2n) is 7.71. The molecule has 0 aliphatic heterocycles. The highest BCUT2D eigenvalue weighted by Crippen LogP contribution is 2.19. The number of aromatic nitrogens is 5. The van der Waals surface area contributed by atoms with Crippen LogP contribution in [-0.4, -0.2) is 49.6 Å². The average molecular weight is 433 g/mol. The number of rotatable bonds is 9. The largest absolute Gasteiger partial charge is 0.340 e. The highest BCUT2D eigenvalue weighted by Gasteiger charge is 2.16. The number of H-pyrrole nitrogens is 1. The number of nitrogens with one attached hydrogen (secondary N) is 1. The summed E-state index contributed by atoms with van der Waals surface area (Å²) in [5.41, 5.74) is 3.95. The van der Waals surface area contributed by atoms with Gasteiger partial charge in [-0.05, 0) is 61.7 Å². The van der Waals surface area contributed by atoms with Crippen molar-refractivity contribution in [3.8, 4) is 16.9 Å². The van der Waals surface area contributed by atoms with E-state index in [4.69, 9.17) is 0 Å². The Morgan fingerprint density at radius 3 is 2.62 bits per heavy atom. The second-order valence-corrected chi connectivity index (χ2v) is 7.71. The Hall–Kier alpha value is -3.81. The van der Waals surface area contributed by atoms with E-state index in [1.165, 1.54) is 12.1 Å². The molecule has 7 nitrogen and oxygen atoms in total. The number of halogens is 1. The Morgan fingerprint density at radius 2 is 1.84 bits per heavy atom. The molecule has 8 heteroatoms. The summed E-state index contributed by atoms with van der Waals surface area (Å²) in [6, 6.07) is 17.9. The lowest BCUT2D eigenvalue weighted by atomic mass is 10.1. The molecule has 2 aromatic carbocycles. The van der Waals surface area contributed by atoms with Crippen LogP contribution in [0.4, 0.5) is 4.39 Å². The first-order valence-electron chi connectivity index (χ1n) is 10.6. The fourth-order valence-electron chi connectivity index (χ4n) is 3.47. The van der Waals surface area contributed by atoms with Gasteiger partial charge in [0.05, 0.1) is 17.6 Å². The quantitative estimate of drug-likeness (QED) is 0.400. The lowest BCUT2D eigenvalue weighted by Gasteiger charge is -2.15. The van der Waals surface area contributed by atoms with Crippen molar-refractivity contribution in [2.45, 2.75) is 25.7 Å². The summed E-state index contributed by atoms with van der Waals surface area (Å²) in [6.07, 6.45) is 5.40. The van der Waals surface area contributed by atoms with Crippen LogP contribution in [0.3, 0.4) is 0 Å². The molecule has 0 bridgehead atoms. The molecule has 0 fully saturated rings. The minimum absolute atomic E-state index is 0.135. The van der Waals surface area contributed by atoms with Crippen molar-refractivity contribution < 1.29 is 9.18 Å². The molecule has 1 N–H and O–H groups in total. The number of hydrogen-bond donors (Lipinski definition) is 1. The Morgan fingerprint density at radius 1 is 1.06 bits per heavy atom. The van der Waals surface area contributed by atoms with Gasteiger partial charge >= 0.3 is 0 Å². The number of hydrogen-bond acceptors (Lipinski definition) is 4. The maximum absolute atomic E-state index is 13.1. The van der Waals surface area contributed by atoms with Crippen molar-refractivity contribution in [3.63, 3.8) is 0 Å². The van der Waals surface area contributed by atoms with Crippen LogP contribution in [0.2, 0.25) is 0 Å². The van der Waals surface area contributed by atoms with E-state index in [-0.39, 0.29) is 11.7 Å². The molecule has 0 saturated carbocycles. The van der Waals surface area contributed by atoms with E-state index in [2.05, 4.69) is 20.5 Å². The topological polar surface area (TPSA) is 79.7 Å². The smallest absolute Gasteiger partial charge is 0.275 e. The lowest BCUT2D eigenvalue weighted by Crippen LogP contribution is -2.28. The monoisotopic (exact) mass is 432 g/mol. The average Bonchev–Trinajstić information content (AvgIpc) is 3.50. The zero-order valence-corrected chi connectivity index (χ0v) is 17.9. The van der Waals surface area contributed by atoms with Crippen molar-refractivity contribution in [2.24, 2.45) is 0 Å². The van der Waals surface area contributed by atoms with Crippen LogP contribution in [0.1, 0.15) is 35.4 Å². The molecular formula is C24H25FN6O. The first-order chi connectivity index (χ1) is 15.6. The zero-order chi connectivity index (χ0) is 22.3. The van der Waals surface area contributed by atoms with Gasteiger partial charge in [-0.25, -0.2) is 9.07 Å². The first-order valence-corrected chi connectivity index (χ1v) is 10.6. The van der Waals surface area contributed by atoms with Crippen molar-refractivity contribution in [2.75, 3.05) is 13.6 Å². The fourth-order valence-corrected chi connectivity index (χ4v) is 3.47. The summed E-state index contributed by atoms with van der Waals surface area (Å²) >= 11 is 0. The number of aromatic amines is 1. The number of amides is 1. The van der Waals surface area contributed by atoms with Gasteiger partial charge in [-0.15, -0.1) is 5.10 Å². The van der Waals surface area contributed by atoms with Crippen molar-refractivity contribution >= 4 is 5.91 Å². The van der Waals surface area contributed by atoms with Crippen LogP contribution in [0.15, 0.2) is 66.9 Å². The van der Waals surface area contributed by atoms with Gasteiger partial charge in [0.1, 0.15) is 5.82 Å². The van der Waals surface area contributed by atoms with Crippen LogP contribution >= 0.6 is 0 Å². The number of unbranched alkanes of at least 4 members (excludes halogenated alkanes) is 2. The number of carbonyl (C=O) groups is 1. The molecule has 2 aromatic heterocycles. The molecule has 32 heavy (non-hydrogen) atoms. The van der Waals surface area contributed by atoms with Gasteiger partial charge < -0.3 is 4.90 Å². The highest BCUT2D eigenvalue weighted by atomic mass is 19.1. The van der Waals surface area contributed by atoms with Gasteiger partial charge in [-0.2, -0.15) is 5.10 Å². The molecule has 0 saturated heterocycles. The molecular weight excluding hydrogens is 407 g/mol. The van der Waals surface area contributed by atoms with E-state index in [1.54, 1.807) is 35.0 Å². The maximum atomic E-state index is 13.1. The van der Waals surface area contributed by atoms with Gasteiger partial charge in [0.15, 0.2) is 5.69 Å². The fraction of sp³-hybridized carbons (Fsp3) is 0.250. The molecule has 0 aliphatic rings. The number of aryl methyl sites for hydroxylation is 1. The summed E-state index contributed by atoms with van der Waals surface area (Å²) in [7, 11) is 1.79. The van der Waals surface area contributed by atoms with E-state index in [9.17, 15) is 9.18 Å². The minimum Gasteiger partial charge on any atom is -0.340 e. The SMILES string of the molecule is CN(CCCCCc1cc(-c2ccc(F)cc2)n[nH]1)C(=O)c1cn(-c2ccccc2)nn1. The predicted octanol–water partition coefficient (Wildman–Crippen LogP) is 4.28. The summed E-state index contributed by atoms with van der Waals surface area (Å²) < 4.78 is 14.7. The minimum atomic E-state index is -0.256. The molecule has 0 radical (unpaired) electrons. The number of carbonyl (C=O) groups excluding carboxylic acids is 1. The van der Waals surface area contributed by atoms with E-state index >= 15 is 0 Å². The van der Waals surface area contributed by atoms with Gasteiger partial charge in [0, 0.05) is 24.8 Å². The predicted molar refractivity (Wildman–Crippen MR) is 120 cm³/mol. The summed E-state index contributed by atoms with van der Waals surface area (Å²) in [4.78, 5) is 14.3. The van der Waals surface area contributed by atoms with Crippen LogP contribution < -0.4 is 0 Å². The van der Waals surface area contributed by atoms with Crippen molar-refractivity contribution in [3.05, 3.63) is 84.1 Å². The number of para-hydroxylation sites is 1. The van der Waals surface area contributed by atoms with E-state index in [0.29, 0.717) is 12.2 Å². The van der Waals surface area contributed by atoms with Crippen molar-refractivity contribution in [1.29, 1.82) is 0 Å². The molecule has 0 spiro atoms. The van der Waals surface area contributed by atoms with Gasteiger partial charge in [-0.1, -0.05) is 29.8 Å². The maximum Gasteiger partial charge on any atom is 0.275 e. The zero-order valence-electron chi connectivity index (χ0n) is 17.9. The number of benzene rings is 2. The van der Waals surface area contributed by atoms with Crippen LogP contribution in [0.5, 0.6) is 0 Å². The summed E-state index contributed by atoms with van der Waals surface area (Å²) in [6.45, 7) is 0.654. The van der Waals surface area contributed by atoms with Crippen LogP contribution in [0, 0.1) is 5.82 Å². The molecule has 2 heterocycles. The lowest BCUT2D eigenvalue weighted by molar-refractivity contribution is 0.0786. The third kappa shape index (κ3) is 5.26. The molecule has 4 rings (SSSR count). The first kappa shape index (κ1) is 21.4. The Bertz CT molecular complexity index is 1150. The van der Waals surface area contributed by atoms with Gasteiger partial charge in [0.2, 0.25) is 0 Å². The molecule has 1 amide bonds. The van der Waals surface area contributed by atoms with Gasteiger partial charge in [-0.3, -0.25) is 9.89 Å². The molecule has 164 valence electrons. The third-order valence-electron chi connectivity index (χ3n) is 5.29. The Labute approximate surface area is 185 Å². The molecule has 0 aliphatic carbocycles. The standard InChI is InChI=1S/C24H25FN6O/c1-30(24(32)23-17-31(29-28-23)21-9-5-2-6-10-21)15-7-3-4-8-20-16-22(27-26-20)18-11-13-19(25)14-12-18/h2,5-6,9-14,16-17H,3-4,7-8,15H2,1H3,(H,26,27). The van der Waals surface area contributed by atoms with Crippen molar-refractivity contribution in [1.82, 2.24) is 30.1 Å². The van der Waals surface area contributed by atoms with Crippen LogP contribution in [-0.2, 0) is 6.42 Å². The number of nitrogens with zero attached hydrogens (tertiary/aromatic N) is 5. The van der Waals surface area contributed by atoms with Crippen LogP contribution in [0.25, 0.3) is 16.9 Å². The molecule has 0 unspecified atom stereocenters. The third-order valence-corrected chi connectivity index (χ3v) is 5.29. The Balaban J connectivity index is 1.20. The second kappa shape index (κ2) is 10.00. The van der Waals surface area contributed by atoms with E-state index < -0.39 is 0 Å². The van der Waals surface area contributed by atoms with E-state index in [0.717, 1.165) is 48.3 Å². The highest BCUT2D eigenvalue weighted by molar-refractivity contribution is 5.91. The van der Waals surface area contributed by atoms with E-state index in [1.807, 2.05) is 36.4 Å². The normalized spacial score (nSPS) is 10.9. The molecule has 4 aromatic rings. The van der Waals surface area contributed by atoms with Gasteiger partial charge in [0.25, 0.3) is 5.91 Å².